The predicted molar refractivity (Wildman–Crippen MR) is 150 cm³/mol. The molecule has 2 aromatic heterocycles. The monoisotopic (exact) mass is 549 g/mol. The number of rotatable bonds is 5. The number of aromatic nitrogens is 3. The number of aryl methyl sites for hydroxylation is 1. The topological polar surface area (TPSA) is 135 Å². The third kappa shape index (κ3) is 5.30. The second-order valence-electron chi connectivity index (χ2n) is 11.5. The highest BCUT2D eigenvalue weighted by molar-refractivity contribution is 7.89. The molecule has 0 spiro atoms. The highest BCUT2D eigenvalue weighted by Crippen LogP contribution is 2.39. The van der Waals surface area contributed by atoms with Crippen LogP contribution in [0, 0.1) is 5.41 Å². The van der Waals surface area contributed by atoms with E-state index in [9.17, 15) is 8.42 Å². The van der Waals surface area contributed by atoms with Crippen molar-refractivity contribution in [3.8, 4) is 16.9 Å². The number of ether oxygens (including phenoxy) is 1. The average molecular weight is 550 g/mol. The third-order valence-electron chi connectivity index (χ3n) is 7.93. The summed E-state index contributed by atoms with van der Waals surface area (Å²) in [5.74, 6) is 1.78. The SMILES string of the molecule is CC1(C)CCc2ncnc(N3CCOc4ccc(-c5cnc(N)c(S(=O)(=O)N[C@H]6CCNC6)c5)cc4C3)c2C1. The summed E-state index contributed by atoms with van der Waals surface area (Å²) in [5.41, 5.74) is 11.1. The summed E-state index contributed by atoms with van der Waals surface area (Å²) in [5, 5.41) is 3.17. The minimum Gasteiger partial charge on any atom is -0.491 e. The summed E-state index contributed by atoms with van der Waals surface area (Å²) in [6.45, 7) is 7.86. The number of hydrogen-bond donors (Lipinski definition) is 3. The van der Waals surface area contributed by atoms with Crippen molar-refractivity contribution < 1.29 is 13.2 Å². The lowest BCUT2D eigenvalue weighted by atomic mass is 9.76. The second kappa shape index (κ2) is 10.0. The lowest BCUT2D eigenvalue weighted by molar-refractivity contribution is 0.310. The van der Waals surface area contributed by atoms with Crippen molar-refractivity contribution in [2.45, 2.75) is 57.0 Å². The second-order valence-corrected chi connectivity index (χ2v) is 13.2. The van der Waals surface area contributed by atoms with E-state index in [0.29, 0.717) is 31.8 Å². The Morgan fingerprint density at radius 1 is 1.18 bits per heavy atom. The molecule has 0 radical (unpaired) electrons. The fraction of sp³-hybridized carbons (Fsp3) is 0.464. The molecule has 1 aromatic carbocycles. The van der Waals surface area contributed by atoms with Gasteiger partial charge in [0.1, 0.15) is 35.2 Å². The van der Waals surface area contributed by atoms with Crippen molar-refractivity contribution in [2.75, 3.05) is 36.9 Å². The number of nitrogens with one attached hydrogen (secondary N) is 2. The molecule has 6 rings (SSSR count). The lowest BCUT2D eigenvalue weighted by Gasteiger charge is -2.33. The fourth-order valence-corrected chi connectivity index (χ4v) is 7.13. The van der Waals surface area contributed by atoms with Crippen molar-refractivity contribution in [1.29, 1.82) is 0 Å². The van der Waals surface area contributed by atoms with Gasteiger partial charge in [-0.15, -0.1) is 0 Å². The van der Waals surface area contributed by atoms with Gasteiger partial charge in [-0.3, -0.25) is 0 Å². The van der Waals surface area contributed by atoms with Crippen LogP contribution in [0.2, 0.25) is 0 Å². The lowest BCUT2D eigenvalue weighted by Crippen LogP contribution is -2.36. The quantitative estimate of drug-likeness (QED) is 0.439. The van der Waals surface area contributed by atoms with Gasteiger partial charge in [-0.05, 0) is 61.4 Å². The van der Waals surface area contributed by atoms with Crippen LogP contribution in [0.4, 0.5) is 11.6 Å². The van der Waals surface area contributed by atoms with Gasteiger partial charge in [-0.1, -0.05) is 19.9 Å². The summed E-state index contributed by atoms with van der Waals surface area (Å²) >= 11 is 0. The maximum Gasteiger partial charge on any atom is 0.244 e. The van der Waals surface area contributed by atoms with Crippen LogP contribution >= 0.6 is 0 Å². The predicted octanol–water partition coefficient (Wildman–Crippen LogP) is 2.67. The zero-order valence-corrected chi connectivity index (χ0v) is 23.2. The molecule has 4 N–H and O–H groups in total. The molecule has 39 heavy (non-hydrogen) atoms. The molecule has 3 aromatic rings. The van der Waals surface area contributed by atoms with E-state index in [2.05, 4.69) is 38.8 Å². The van der Waals surface area contributed by atoms with E-state index < -0.39 is 10.0 Å². The highest BCUT2D eigenvalue weighted by Gasteiger charge is 2.31. The van der Waals surface area contributed by atoms with Gasteiger partial charge in [0.25, 0.3) is 0 Å². The first-order valence-corrected chi connectivity index (χ1v) is 15.0. The van der Waals surface area contributed by atoms with Crippen LogP contribution in [-0.4, -0.2) is 55.7 Å². The van der Waals surface area contributed by atoms with Crippen LogP contribution < -0.4 is 25.4 Å². The van der Waals surface area contributed by atoms with Crippen molar-refractivity contribution >= 4 is 21.7 Å². The van der Waals surface area contributed by atoms with Crippen LogP contribution in [-0.2, 0) is 29.4 Å². The Morgan fingerprint density at radius 2 is 2.05 bits per heavy atom. The van der Waals surface area contributed by atoms with Gasteiger partial charge >= 0.3 is 0 Å². The maximum absolute atomic E-state index is 13.1. The maximum atomic E-state index is 13.1. The first-order valence-electron chi connectivity index (χ1n) is 13.5. The van der Waals surface area contributed by atoms with Crippen molar-refractivity contribution in [3.63, 3.8) is 0 Å². The van der Waals surface area contributed by atoms with Crippen molar-refractivity contribution in [2.24, 2.45) is 5.41 Å². The van der Waals surface area contributed by atoms with Crippen LogP contribution in [0.3, 0.4) is 0 Å². The molecule has 0 saturated carbocycles. The third-order valence-corrected chi connectivity index (χ3v) is 9.48. The van der Waals surface area contributed by atoms with Crippen LogP contribution in [0.5, 0.6) is 5.75 Å². The van der Waals surface area contributed by atoms with Gasteiger partial charge in [0.15, 0.2) is 0 Å². The molecule has 206 valence electrons. The van der Waals surface area contributed by atoms with Crippen LogP contribution in [0.15, 0.2) is 41.7 Å². The Labute approximate surface area is 229 Å². The number of nitrogens with zero attached hydrogens (tertiary/aromatic N) is 4. The fourth-order valence-electron chi connectivity index (χ4n) is 5.75. The number of fused-ring (bicyclic) bond motifs is 2. The van der Waals surface area contributed by atoms with Gasteiger partial charge in [0.2, 0.25) is 10.0 Å². The first-order chi connectivity index (χ1) is 18.7. The number of hydrogen-bond acceptors (Lipinski definition) is 9. The smallest absolute Gasteiger partial charge is 0.244 e. The molecule has 0 unspecified atom stereocenters. The highest BCUT2D eigenvalue weighted by atomic mass is 32.2. The Hall–Kier alpha value is -3.28. The molecule has 0 amide bonds. The van der Waals surface area contributed by atoms with Gasteiger partial charge in [-0.25, -0.2) is 28.1 Å². The van der Waals surface area contributed by atoms with Crippen molar-refractivity contribution in [1.82, 2.24) is 25.0 Å². The van der Waals surface area contributed by atoms with E-state index in [1.54, 1.807) is 18.6 Å². The molecule has 1 aliphatic carbocycles. The van der Waals surface area contributed by atoms with E-state index in [1.165, 1.54) is 5.56 Å². The summed E-state index contributed by atoms with van der Waals surface area (Å²) in [6.07, 6.45) is 7.05. The largest absolute Gasteiger partial charge is 0.491 e. The van der Waals surface area contributed by atoms with E-state index in [4.69, 9.17) is 15.5 Å². The number of nitrogens with two attached hydrogens (primary N) is 1. The van der Waals surface area contributed by atoms with E-state index in [1.807, 2.05) is 18.2 Å². The summed E-state index contributed by atoms with van der Waals surface area (Å²) in [7, 11) is -3.82. The molecule has 1 saturated heterocycles. The summed E-state index contributed by atoms with van der Waals surface area (Å²) < 4.78 is 35.1. The Morgan fingerprint density at radius 3 is 2.87 bits per heavy atom. The Kier molecular flexibility index (Phi) is 6.68. The molecular formula is C28H35N7O3S. The van der Waals surface area contributed by atoms with Gasteiger partial charge in [0.05, 0.1) is 6.54 Å². The minimum absolute atomic E-state index is 0.00468. The minimum atomic E-state index is -3.82. The average Bonchev–Trinajstić information content (AvgIpc) is 3.31. The number of anilines is 2. The molecule has 3 aliphatic rings. The molecule has 10 nitrogen and oxygen atoms in total. The van der Waals surface area contributed by atoms with Gasteiger partial charge < -0.3 is 20.7 Å². The van der Waals surface area contributed by atoms with E-state index in [0.717, 1.165) is 60.6 Å². The molecule has 1 fully saturated rings. The number of pyridine rings is 1. The standard InChI is InChI=1S/C28H35N7O3S/c1-28(2)7-5-23-22(13-28)27(33-17-32-23)35-9-10-38-24-4-3-18(11-20(24)16-35)19-12-25(26(29)31-14-19)39(36,37)34-21-6-8-30-15-21/h3-4,11-12,14,17,21,30,34H,5-10,13,15-16H2,1-2H3,(H2,29,31)/t21-/m0/s1. The number of benzene rings is 1. The van der Waals surface area contributed by atoms with E-state index >= 15 is 0 Å². The van der Waals surface area contributed by atoms with Crippen LogP contribution in [0.25, 0.3) is 11.1 Å². The molecule has 2 aliphatic heterocycles. The Balaban J connectivity index is 1.31. The molecule has 1 atom stereocenters. The van der Waals surface area contributed by atoms with E-state index in [-0.39, 0.29) is 22.2 Å². The molecule has 4 heterocycles. The zero-order valence-electron chi connectivity index (χ0n) is 22.4. The normalized spacial score (nSPS) is 20.6. The summed E-state index contributed by atoms with van der Waals surface area (Å²) in [6, 6.07) is 7.36. The van der Waals surface area contributed by atoms with Gasteiger partial charge in [-0.2, -0.15) is 0 Å². The molecule has 11 heteroatoms. The molecule has 0 bridgehead atoms. The molecular weight excluding hydrogens is 514 g/mol. The number of sulfonamides is 1. The first kappa shape index (κ1) is 26.0. The zero-order chi connectivity index (χ0) is 27.2. The van der Waals surface area contributed by atoms with Crippen molar-refractivity contribution in [3.05, 3.63) is 53.6 Å². The van der Waals surface area contributed by atoms with Gasteiger partial charge in [0, 0.05) is 47.7 Å². The number of nitrogen functional groups attached to an aromatic ring is 1. The summed E-state index contributed by atoms with van der Waals surface area (Å²) in [4.78, 5) is 15.8. The van der Waals surface area contributed by atoms with Crippen LogP contribution in [0.1, 0.15) is 43.5 Å². The Bertz CT molecular complexity index is 1500.